The Labute approximate surface area is 170 Å². The Balaban J connectivity index is -0.00000128. The molecule has 0 rings (SSSR count). The standard InChI is InChI=1S/C13H24O4.K.Li/c1-4-5-6-7-8-9-13(2,3)10(11(14)15)12(16)17;;/h10H,4-9H2,1-3H3,(H,14,15)(H,16,17);;/q;2*+1/p-2. The second-order valence-electron chi connectivity index (χ2n) is 5.22. The van der Waals surface area contributed by atoms with Gasteiger partial charge in [-0.3, -0.25) is 0 Å². The molecule has 0 atom stereocenters. The quantitative estimate of drug-likeness (QED) is 0.241. The summed E-state index contributed by atoms with van der Waals surface area (Å²) in [4.78, 5) is 21.6. The number of carboxylic acids is 2. The number of unbranched alkanes of at least 4 members (excludes halogenated alkanes) is 4. The fourth-order valence-corrected chi connectivity index (χ4v) is 2.06. The van der Waals surface area contributed by atoms with E-state index < -0.39 is 23.3 Å². The third-order valence-electron chi connectivity index (χ3n) is 3.18. The van der Waals surface area contributed by atoms with Crippen molar-refractivity contribution in [3.8, 4) is 0 Å². The van der Waals surface area contributed by atoms with Gasteiger partial charge in [0.1, 0.15) is 0 Å². The minimum absolute atomic E-state index is 0. The Kier molecular flexibility index (Phi) is 17.0. The summed E-state index contributed by atoms with van der Waals surface area (Å²) in [6, 6.07) is 0. The van der Waals surface area contributed by atoms with Crippen LogP contribution in [0.2, 0.25) is 0 Å². The Morgan fingerprint density at radius 3 is 1.79 bits per heavy atom. The molecule has 100 valence electrons. The SMILES string of the molecule is CCCCCCCC(C)(C)C(C(=O)[O-])C(=O)[O-].[K+].[Li+]. The van der Waals surface area contributed by atoms with Crippen molar-refractivity contribution < 1.29 is 90.0 Å². The summed E-state index contributed by atoms with van der Waals surface area (Å²) in [5, 5.41) is 21.6. The van der Waals surface area contributed by atoms with Gasteiger partial charge in [-0.15, -0.1) is 0 Å². The van der Waals surface area contributed by atoms with Crippen LogP contribution >= 0.6 is 0 Å². The summed E-state index contributed by atoms with van der Waals surface area (Å²) in [5.41, 5.74) is -0.816. The summed E-state index contributed by atoms with van der Waals surface area (Å²) in [6.45, 7) is 5.40. The Morgan fingerprint density at radius 2 is 1.42 bits per heavy atom. The summed E-state index contributed by atoms with van der Waals surface area (Å²) in [7, 11) is 0. The molecule has 0 N–H and O–H groups in total. The van der Waals surface area contributed by atoms with Crippen molar-refractivity contribution in [2.45, 2.75) is 59.3 Å². The number of aliphatic carboxylic acids is 2. The second kappa shape index (κ2) is 12.9. The van der Waals surface area contributed by atoms with Gasteiger partial charge in [0.25, 0.3) is 0 Å². The molecule has 6 heteroatoms. The molecule has 0 radical (unpaired) electrons. The molecule has 0 aliphatic rings. The number of hydrogen-bond donors (Lipinski definition) is 0. The van der Waals surface area contributed by atoms with E-state index in [0.29, 0.717) is 6.42 Å². The van der Waals surface area contributed by atoms with Crippen LogP contribution in [0.1, 0.15) is 59.3 Å². The van der Waals surface area contributed by atoms with E-state index in [2.05, 4.69) is 6.92 Å². The van der Waals surface area contributed by atoms with E-state index in [0.717, 1.165) is 32.1 Å². The molecule has 0 amide bonds. The first-order valence-corrected chi connectivity index (χ1v) is 6.24. The Morgan fingerprint density at radius 1 is 1.00 bits per heavy atom. The second-order valence-corrected chi connectivity index (χ2v) is 5.22. The van der Waals surface area contributed by atoms with Gasteiger partial charge in [-0.05, 0) is 11.8 Å². The van der Waals surface area contributed by atoms with Crippen molar-refractivity contribution in [1.29, 1.82) is 0 Å². The van der Waals surface area contributed by atoms with E-state index >= 15 is 0 Å². The van der Waals surface area contributed by atoms with Crippen LogP contribution in [0.3, 0.4) is 0 Å². The summed E-state index contributed by atoms with van der Waals surface area (Å²) in [5.74, 6) is -4.64. The van der Waals surface area contributed by atoms with Gasteiger partial charge in [0.2, 0.25) is 0 Å². The fourth-order valence-electron chi connectivity index (χ4n) is 2.06. The maximum Gasteiger partial charge on any atom is 1.00 e. The zero-order valence-electron chi connectivity index (χ0n) is 13.0. The minimum Gasteiger partial charge on any atom is -0.549 e. The third-order valence-corrected chi connectivity index (χ3v) is 3.18. The van der Waals surface area contributed by atoms with E-state index in [4.69, 9.17) is 0 Å². The molecule has 4 nitrogen and oxygen atoms in total. The topological polar surface area (TPSA) is 80.3 Å². The van der Waals surface area contributed by atoms with E-state index in [1.807, 2.05) is 0 Å². The smallest absolute Gasteiger partial charge is 0.549 e. The predicted molar refractivity (Wildman–Crippen MR) is 60.7 cm³/mol. The van der Waals surface area contributed by atoms with Gasteiger partial charge in [0.15, 0.2) is 0 Å². The largest absolute Gasteiger partial charge is 1.00 e. The number of carboxylic acid groups (broad SMARTS) is 2. The van der Waals surface area contributed by atoms with Gasteiger partial charge in [-0.2, -0.15) is 0 Å². The predicted octanol–water partition coefficient (Wildman–Crippen LogP) is -5.50. The molecule has 0 aromatic heterocycles. The number of carbonyl (C=O) groups excluding carboxylic acids is 2. The maximum absolute atomic E-state index is 10.8. The van der Waals surface area contributed by atoms with Crippen LogP contribution in [0.4, 0.5) is 0 Å². The maximum atomic E-state index is 10.8. The fraction of sp³-hybridized carbons (Fsp3) is 0.846. The molecular weight excluding hydrogens is 266 g/mol. The zero-order valence-corrected chi connectivity index (χ0v) is 16.1. The van der Waals surface area contributed by atoms with Crippen LogP contribution in [0.5, 0.6) is 0 Å². The molecule has 0 aromatic rings. The van der Waals surface area contributed by atoms with Crippen LogP contribution in [-0.4, -0.2) is 11.9 Å². The van der Waals surface area contributed by atoms with Gasteiger partial charge < -0.3 is 19.8 Å². The van der Waals surface area contributed by atoms with Crippen LogP contribution < -0.4 is 80.5 Å². The van der Waals surface area contributed by atoms with E-state index in [1.165, 1.54) is 0 Å². The average molecular weight is 288 g/mol. The molecule has 0 saturated carbocycles. The van der Waals surface area contributed by atoms with Crippen molar-refractivity contribution in [2.24, 2.45) is 11.3 Å². The minimum atomic E-state index is -1.55. The van der Waals surface area contributed by atoms with Crippen LogP contribution in [-0.2, 0) is 9.59 Å². The first kappa shape index (κ1) is 25.1. The molecule has 0 aromatic carbocycles. The third kappa shape index (κ3) is 10.5. The Bertz CT molecular complexity index is 255. The molecule has 0 unspecified atom stereocenters. The van der Waals surface area contributed by atoms with Gasteiger partial charge >= 0.3 is 70.2 Å². The average Bonchev–Trinajstić information content (AvgIpc) is 2.15. The molecule has 0 saturated heterocycles. The van der Waals surface area contributed by atoms with Gasteiger partial charge in [0, 0.05) is 5.92 Å². The van der Waals surface area contributed by atoms with Crippen molar-refractivity contribution >= 4 is 11.9 Å². The van der Waals surface area contributed by atoms with Gasteiger partial charge in [0.05, 0.1) is 11.9 Å². The van der Waals surface area contributed by atoms with Crippen LogP contribution in [0, 0.1) is 11.3 Å². The van der Waals surface area contributed by atoms with Crippen molar-refractivity contribution in [3.63, 3.8) is 0 Å². The van der Waals surface area contributed by atoms with E-state index in [1.54, 1.807) is 13.8 Å². The molecule has 0 aliphatic carbocycles. The number of carbonyl (C=O) groups is 2. The van der Waals surface area contributed by atoms with E-state index in [9.17, 15) is 19.8 Å². The van der Waals surface area contributed by atoms with E-state index in [-0.39, 0.29) is 70.2 Å². The molecule has 19 heavy (non-hydrogen) atoms. The van der Waals surface area contributed by atoms with Crippen molar-refractivity contribution in [3.05, 3.63) is 0 Å². The molecule has 0 heterocycles. The van der Waals surface area contributed by atoms with Crippen LogP contribution in [0.25, 0.3) is 0 Å². The normalized spacial score (nSPS) is 10.5. The van der Waals surface area contributed by atoms with Gasteiger partial charge in [-0.1, -0.05) is 52.9 Å². The van der Waals surface area contributed by atoms with Crippen LogP contribution in [0.15, 0.2) is 0 Å². The zero-order chi connectivity index (χ0) is 13.5. The first-order chi connectivity index (χ1) is 7.83. The summed E-state index contributed by atoms with van der Waals surface area (Å²) in [6.07, 6.45) is 5.81. The molecule has 0 bridgehead atoms. The molecular formula is C13H22KLiO4. The number of hydrogen-bond acceptors (Lipinski definition) is 4. The summed E-state index contributed by atoms with van der Waals surface area (Å²) < 4.78 is 0. The molecule has 0 spiro atoms. The monoisotopic (exact) mass is 288 g/mol. The summed E-state index contributed by atoms with van der Waals surface area (Å²) >= 11 is 0. The molecule has 0 aliphatic heterocycles. The van der Waals surface area contributed by atoms with Crippen molar-refractivity contribution in [2.75, 3.05) is 0 Å². The van der Waals surface area contributed by atoms with Crippen molar-refractivity contribution in [1.82, 2.24) is 0 Å². The van der Waals surface area contributed by atoms with Gasteiger partial charge in [-0.25, -0.2) is 0 Å². The Hall–Kier alpha value is 1.17. The first-order valence-electron chi connectivity index (χ1n) is 6.24. The molecule has 0 fully saturated rings. The number of rotatable bonds is 9.